The van der Waals surface area contributed by atoms with E-state index in [-0.39, 0.29) is 30.8 Å². The summed E-state index contributed by atoms with van der Waals surface area (Å²) in [6.07, 6.45) is -0.821. The summed E-state index contributed by atoms with van der Waals surface area (Å²) in [5, 5.41) is 18.9. The fourth-order valence-electron chi connectivity index (χ4n) is 1.45. The Morgan fingerprint density at radius 2 is 1.43 bits per heavy atom. The Labute approximate surface area is 125 Å². The molecule has 120 valence electrons. The van der Waals surface area contributed by atoms with E-state index in [9.17, 15) is 19.8 Å². The average molecular weight is 300 g/mol. The third-order valence-electron chi connectivity index (χ3n) is 3.19. The Morgan fingerprint density at radius 3 is 1.67 bits per heavy atom. The molecular weight excluding hydrogens is 276 g/mol. The Balaban J connectivity index is 5.11. The standard InChI is InChI=1S/C15H24O6/c1-6-15(8-16,9-17)7-12(20-13(18)10(2)3)21-14(19)11(4)5/h12,16-17H,2,4,6-9H2,1,3,5H3. The number of carbonyl (C=O) groups is 2. The lowest BCUT2D eigenvalue weighted by Gasteiger charge is -2.31. The first-order valence-corrected chi connectivity index (χ1v) is 6.66. The van der Waals surface area contributed by atoms with Gasteiger partial charge in [-0.1, -0.05) is 20.1 Å². The van der Waals surface area contributed by atoms with Crippen LogP contribution in [0.15, 0.2) is 24.3 Å². The van der Waals surface area contributed by atoms with Crippen molar-refractivity contribution in [1.29, 1.82) is 0 Å². The molecule has 0 rings (SSSR count). The van der Waals surface area contributed by atoms with Crippen LogP contribution in [0.25, 0.3) is 0 Å². The van der Waals surface area contributed by atoms with Crippen LogP contribution in [0.5, 0.6) is 0 Å². The highest BCUT2D eigenvalue weighted by Crippen LogP contribution is 2.29. The van der Waals surface area contributed by atoms with Crippen molar-refractivity contribution in [3.8, 4) is 0 Å². The van der Waals surface area contributed by atoms with Gasteiger partial charge in [0.1, 0.15) is 0 Å². The van der Waals surface area contributed by atoms with Crippen LogP contribution in [-0.4, -0.2) is 41.7 Å². The van der Waals surface area contributed by atoms with E-state index >= 15 is 0 Å². The smallest absolute Gasteiger partial charge is 0.336 e. The van der Waals surface area contributed by atoms with Crippen LogP contribution in [0.1, 0.15) is 33.6 Å². The van der Waals surface area contributed by atoms with E-state index in [4.69, 9.17) is 9.47 Å². The summed E-state index contributed by atoms with van der Waals surface area (Å²) in [6, 6.07) is 0. The second kappa shape index (κ2) is 8.59. The topological polar surface area (TPSA) is 93.1 Å². The molecular formula is C15H24O6. The molecule has 2 N–H and O–H groups in total. The van der Waals surface area contributed by atoms with E-state index < -0.39 is 23.6 Å². The van der Waals surface area contributed by atoms with E-state index in [2.05, 4.69) is 13.2 Å². The monoisotopic (exact) mass is 300 g/mol. The van der Waals surface area contributed by atoms with Crippen LogP contribution >= 0.6 is 0 Å². The molecule has 21 heavy (non-hydrogen) atoms. The lowest BCUT2D eigenvalue weighted by atomic mass is 9.83. The molecule has 0 atom stereocenters. The van der Waals surface area contributed by atoms with Gasteiger partial charge in [0.15, 0.2) is 0 Å². The number of ether oxygens (including phenoxy) is 2. The predicted octanol–water partition coefficient (Wildman–Crippen LogP) is 1.32. The van der Waals surface area contributed by atoms with E-state index in [1.165, 1.54) is 13.8 Å². The van der Waals surface area contributed by atoms with Crippen molar-refractivity contribution >= 4 is 11.9 Å². The summed E-state index contributed by atoms with van der Waals surface area (Å²) >= 11 is 0. The lowest BCUT2D eigenvalue weighted by molar-refractivity contribution is -0.191. The van der Waals surface area contributed by atoms with Gasteiger partial charge in [-0.15, -0.1) is 0 Å². The molecule has 0 aromatic carbocycles. The van der Waals surface area contributed by atoms with Gasteiger partial charge in [-0.25, -0.2) is 9.59 Å². The van der Waals surface area contributed by atoms with Crippen molar-refractivity contribution in [1.82, 2.24) is 0 Å². The van der Waals surface area contributed by atoms with Gasteiger partial charge in [0.25, 0.3) is 0 Å². The molecule has 6 heteroatoms. The largest absolute Gasteiger partial charge is 0.422 e. The van der Waals surface area contributed by atoms with Crippen molar-refractivity contribution < 1.29 is 29.3 Å². The minimum Gasteiger partial charge on any atom is -0.422 e. The van der Waals surface area contributed by atoms with Gasteiger partial charge < -0.3 is 19.7 Å². The highest BCUT2D eigenvalue weighted by Gasteiger charge is 2.34. The van der Waals surface area contributed by atoms with Crippen LogP contribution in [0.3, 0.4) is 0 Å². The molecule has 6 nitrogen and oxygen atoms in total. The summed E-state index contributed by atoms with van der Waals surface area (Å²) in [6.45, 7) is 10.9. The number of hydrogen-bond donors (Lipinski definition) is 2. The van der Waals surface area contributed by atoms with Crippen LogP contribution in [-0.2, 0) is 19.1 Å². The van der Waals surface area contributed by atoms with Crippen molar-refractivity contribution in [2.45, 2.75) is 39.9 Å². The van der Waals surface area contributed by atoms with Gasteiger partial charge >= 0.3 is 11.9 Å². The fourth-order valence-corrected chi connectivity index (χ4v) is 1.45. The predicted molar refractivity (Wildman–Crippen MR) is 77.1 cm³/mol. The van der Waals surface area contributed by atoms with E-state index in [1.54, 1.807) is 6.92 Å². The molecule has 0 aliphatic heterocycles. The van der Waals surface area contributed by atoms with Crippen molar-refractivity contribution in [2.24, 2.45) is 5.41 Å². The number of rotatable bonds is 9. The molecule has 0 heterocycles. The fraction of sp³-hybridized carbons (Fsp3) is 0.600. The Kier molecular flexibility index (Phi) is 7.91. The number of aliphatic hydroxyl groups excluding tert-OH is 2. The van der Waals surface area contributed by atoms with Gasteiger partial charge in [0.05, 0.1) is 13.2 Å². The van der Waals surface area contributed by atoms with Gasteiger partial charge in [0, 0.05) is 23.0 Å². The number of hydrogen-bond acceptors (Lipinski definition) is 6. The van der Waals surface area contributed by atoms with Crippen LogP contribution < -0.4 is 0 Å². The van der Waals surface area contributed by atoms with Gasteiger partial charge in [-0.3, -0.25) is 0 Å². The van der Waals surface area contributed by atoms with Crippen LogP contribution in [0.4, 0.5) is 0 Å². The zero-order valence-electron chi connectivity index (χ0n) is 12.8. The van der Waals surface area contributed by atoms with Crippen LogP contribution in [0, 0.1) is 5.41 Å². The zero-order chi connectivity index (χ0) is 16.6. The van der Waals surface area contributed by atoms with E-state index in [0.717, 1.165) is 0 Å². The van der Waals surface area contributed by atoms with Crippen molar-refractivity contribution in [3.63, 3.8) is 0 Å². The molecule has 0 fully saturated rings. The minimum absolute atomic E-state index is 0.0193. The van der Waals surface area contributed by atoms with E-state index in [0.29, 0.717) is 6.42 Å². The molecule has 0 aromatic rings. The van der Waals surface area contributed by atoms with Crippen molar-refractivity contribution in [3.05, 3.63) is 24.3 Å². The van der Waals surface area contributed by atoms with Crippen molar-refractivity contribution in [2.75, 3.05) is 13.2 Å². The Bertz CT molecular complexity index is 372. The SMILES string of the molecule is C=C(C)C(=O)OC(CC(CC)(CO)CO)OC(=O)C(=C)C. The summed E-state index contributed by atoms with van der Waals surface area (Å²) in [4.78, 5) is 23.2. The number of aliphatic hydroxyl groups is 2. The normalized spacial score (nSPS) is 11.1. The third-order valence-corrected chi connectivity index (χ3v) is 3.19. The molecule has 0 saturated heterocycles. The maximum Gasteiger partial charge on any atom is 0.336 e. The lowest BCUT2D eigenvalue weighted by Crippen LogP contribution is -2.37. The maximum absolute atomic E-state index is 11.6. The molecule has 0 unspecified atom stereocenters. The molecule has 0 radical (unpaired) electrons. The number of carbonyl (C=O) groups excluding carboxylic acids is 2. The Morgan fingerprint density at radius 1 is 1.05 bits per heavy atom. The first-order valence-electron chi connectivity index (χ1n) is 6.66. The first-order chi connectivity index (χ1) is 9.71. The summed E-state index contributed by atoms with van der Waals surface area (Å²) < 4.78 is 10.1. The van der Waals surface area contributed by atoms with Gasteiger partial charge in [-0.2, -0.15) is 0 Å². The summed E-state index contributed by atoms with van der Waals surface area (Å²) in [7, 11) is 0. The molecule has 0 amide bonds. The van der Waals surface area contributed by atoms with Gasteiger partial charge in [-0.05, 0) is 20.3 Å². The zero-order valence-corrected chi connectivity index (χ0v) is 12.8. The highest BCUT2D eigenvalue weighted by molar-refractivity contribution is 5.88. The third kappa shape index (κ3) is 6.10. The molecule has 0 spiro atoms. The summed E-state index contributed by atoms with van der Waals surface area (Å²) in [5.74, 6) is -1.43. The van der Waals surface area contributed by atoms with Gasteiger partial charge in [0.2, 0.25) is 6.29 Å². The molecule has 0 aromatic heterocycles. The molecule has 0 bridgehead atoms. The number of esters is 2. The second-order valence-corrected chi connectivity index (χ2v) is 5.17. The minimum atomic E-state index is -1.22. The highest BCUT2D eigenvalue weighted by atomic mass is 16.7. The molecule has 0 aliphatic carbocycles. The molecule has 0 saturated carbocycles. The maximum atomic E-state index is 11.6. The van der Waals surface area contributed by atoms with Crippen LogP contribution in [0.2, 0.25) is 0 Å². The first kappa shape index (κ1) is 19.3. The average Bonchev–Trinajstić information content (AvgIpc) is 2.44. The molecule has 0 aliphatic rings. The summed E-state index contributed by atoms with van der Waals surface area (Å²) in [5.41, 5.74) is -0.599. The quantitative estimate of drug-likeness (QED) is 0.379. The second-order valence-electron chi connectivity index (χ2n) is 5.17. The Hall–Kier alpha value is -1.66. The van der Waals surface area contributed by atoms with E-state index in [1.807, 2.05) is 0 Å².